The number of hydrogen-bond donors (Lipinski definition) is 1. The van der Waals surface area contributed by atoms with Gasteiger partial charge in [-0.15, -0.1) is 0 Å². The highest BCUT2D eigenvalue weighted by Crippen LogP contribution is 2.17. The predicted molar refractivity (Wildman–Crippen MR) is 57.1 cm³/mol. The molecule has 1 atom stereocenters. The highest BCUT2D eigenvalue weighted by atomic mass is 35.5. The van der Waals surface area contributed by atoms with Crippen molar-refractivity contribution in [2.24, 2.45) is 0 Å². The molecule has 0 spiro atoms. The minimum Gasteiger partial charge on any atom is -0.395 e. The van der Waals surface area contributed by atoms with E-state index in [2.05, 4.69) is 4.98 Å². The second kappa shape index (κ2) is 5.47. The second-order valence-corrected chi connectivity index (χ2v) is 4.61. The Bertz CT molecular complexity index is 252. The molecule has 0 aliphatic carbocycles. The van der Waals surface area contributed by atoms with Crippen LogP contribution in [0, 0.1) is 0 Å². The molecule has 0 saturated heterocycles. The van der Waals surface area contributed by atoms with Crippen molar-refractivity contribution in [1.29, 1.82) is 0 Å². The van der Waals surface area contributed by atoms with Crippen molar-refractivity contribution < 1.29 is 5.11 Å². The molecule has 0 saturated carbocycles. The fourth-order valence-corrected chi connectivity index (χ4v) is 1.65. The topological polar surface area (TPSA) is 33.1 Å². The number of pyridine rings is 1. The van der Waals surface area contributed by atoms with Gasteiger partial charge < -0.3 is 5.11 Å². The second-order valence-electron chi connectivity index (χ2n) is 2.79. The SMILES string of the molecule is CC(CO)SCc1ccc(Cl)nc1. The van der Waals surface area contributed by atoms with Gasteiger partial charge in [-0.1, -0.05) is 24.6 Å². The van der Waals surface area contributed by atoms with E-state index in [0.717, 1.165) is 11.3 Å². The Hall–Kier alpha value is -0.250. The summed E-state index contributed by atoms with van der Waals surface area (Å²) in [6.45, 7) is 2.21. The van der Waals surface area contributed by atoms with Crippen molar-refractivity contribution in [2.75, 3.05) is 6.61 Å². The zero-order valence-electron chi connectivity index (χ0n) is 7.40. The molecule has 1 N–H and O–H groups in total. The lowest BCUT2D eigenvalue weighted by Gasteiger charge is -2.06. The largest absolute Gasteiger partial charge is 0.395 e. The molecule has 4 heteroatoms. The Balaban J connectivity index is 2.41. The monoisotopic (exact) mass is 217 g/mol. The maximum atomic E-state index is 8.80. The molecule has 13 heavy (non-hydrogen) atoms. The fraction of sp³-hybridized carbons (Fsp3) is 0.444. The van der Waals surface area contributed by atoms with Gasteiger partial charge in [-0.25, -0.2) is 4.98 Å². The van der Waals surface area contributed by atoms with E-state index < -0.39 is 0 Å². The van der Waals surface area contributed by atoms with E-state index in [1.54, 1.807) is 24.0 Å². The molecule has 0 aliphatic rings. The standard InChI is InChI=1S/C9H12ClNOS/c1-7(5-12)13-6-8-2-3-9(10)11-4-8/h2-4,7,12H,5-6H2,1H3. The quantitative estimate of drug-likeness (QED) is 0.787. The van der Waals surface area contributed by atoms with E-state index >= 15 is 0 Å². The van der Waals surface area contributed by atoms with Crippen molar-refractivity contribution in [3.05, 3.63) is 29.0 Å². The first-order chi connectivity index (χ1) is 6.22. The molecule has 1 heterocycles. The number of halogens is 1. The molecular weight excluding hydrogens is 206 g/mol. The van der Waals surface area contributed by atoms with Gasteiger partial charge in [0, 0.05) is 17.2 Å². The van der Waals surface area contributed by atoms with Crippen LogP contribution in [-0.4, -0.2) is 21.9 Å². The van der Waals surface area contributed by atoms with Crippen LogP contribution in [0.15, 0.2) is 18.3 Å². The van der Waals surface area contributed by atoms with Crippen LogP contribution in [0.25, 0.3) is 0 Å². The average Bonchev–Trinajstić information content (AvgIpc) is 2.16. The van der Waals surface area contributed by atoms with Crippen molar-refractivity contribution in [1.82, 2.24) is 4.98 Å². The number of aliphatic hydroxyl groups is 1. The summed E-state index contributed by atoms with van der Waals surface area (Å²) in [7, 11) is 0. The lowest BCUT2D eigenvalue weighted by Crippen LogP contribution is -2.02. The maximum Gasteiger partial charge on any atom is 0.129 e. The minimum absolute atomic E-state index is 0.214. The molecular formula is C9H12ClNOS. The van der Waals surface area contributed by atoms with Gasteiger partial charge in [0.25, 0.3) is 0 Å². The fourth-order valence-electron chi connectivity index (χ4n) is 0.783. The first-order valence-electron chi connectivity index (χ1n) is 4.05. The summed E-state index contributed by atoms with van der Waals surface area (Å²) < 4.78 is 0. The zero-order valence-corrected chi connectivity index (χ0v) is 8.98. The maximum absolute atomic E-state index is 8.80. The highest BCUT2D eigenvalue weighted by molar-refractivity contribution is 7.99. The van der Waals surface area contributed by atoms with E-state index in [1.807, 2.05) is 13.0 Å². The lowest BCUT2D eigenvalue weighted by molar-refractivity contribution is 0.300. The number of rotatable bonds is 4. The Morgan fingerprint density at radius 3 is 2.92 bits per heavy atom. The number of aliphatic hydroxyl groups excluding tert-OH is 1. The van der Waals surface area contributed by atoms with Crippen molar-refractivity contribution in [2.45, 2.75) is 17.9 Å². The van der Waals surface area contributed by atoms with Crippen LogP contribution in [0.4, 0.5) is 0 Å². The van der Waals surface area contributed by atoms with Crippen molar-refractivity contribution >= 4 is 23.4 Å². The summed E-state index contributed by atoms with van der Waals surface area (Å²) >= 11 is 7.35. The summed E-state index contributed by atoms with van der Waals surface area (Å²) in [6.07, 6.45) is 1.76. The van der Waals surface area contributed by atoms with Crippen LogP contribution in [0.3, 0.4) is 0 Å². The summed E-state index contributed by atoms with van der Waals surface area (Å²) in [6, 6.07) is 3.73. The molecule has 1 aromatic rings. The highest BCUT2D eigenvalue weighted by Gasteiger charge is 2.01. The molecule has 1 rings (SSSR count). The van der Waals surface area contributed by atoms with Gasteiger partial charge in [-0.3, -0.25) is 0 Å². The van der Waals surface area contributed by atoms with Crippen LogP contribution in [0.5, 0.6) is 0 Å². The van der Waals surface area contributed by atoms with Gasteiger partial charge in [-0.2, -0.15) is 11.8 Å². The number of thioether (sulfide) groups is 1. The molecule has 0 bridgehead atoms. The summed E-state index contributed by atoms with van der Waals surface area (Å²) in [5.41, 5.74) is 1.13. The Morgan fingerprint density at radius 2 is 2.38 bits per heavy atom. The predicted octanol–water partition coefficient (Wildman–Crippen LogP) is 2.35. The molecule has 2 nitrogen and oxygen atoms in total. The molecule has 0 amide bonds. The summed E-state index contributed by atoms with van der Waals surface area (Å²) in [5, 5.41) is 9.59. The third-order valence-corrected chi connectivity index (χ3v) is 3.02. The number of aromatic nitrogens is 1. The van der Waals surface area contributed by atoms with Crippen molar-refractivity contribution in [3.8, 4) is 0 Å². The molecule has 0 fully saturated rings. The van der Waals surface area contributed by atoms with Gasteiger partial charge in [0.15, 0.2) is 0 Å². The van der Waals surface area contributed by atoms with E-state index in [9.17, 15) is 0 Å². The average molecular weight is 218 g/mol. The van der Waals surface area contributed by atoms with E-state index in [4.69, 9.17) is 16.7 Å². The van der Waals surface area contributed by atoms with E-state index in [-0.39, 0.29) is 11.9 Å². The smallest absolute Gasteiger partial charge is 0.129 e. The summed E-state index contributed by atoms with van der Waals surface area (Å²) in [4.78, 5) is 3.97. The number of nitrogens with zero attached hydrogens (tertiary/aromatic N) is 1. The Labute approximate surface area is 87.3 Å². The third kappa shape index (κ3) is 3.98. The van der Waals surface area contributed by atoms with Crippen LogP contribution in [0.1, 0.15) is 12.5 Å². The first kappa shape index (κ1) is 10.8. The van der Waals surface area contributed by atoms with Gasteiger partial charge in [0.1, 0.15) is 5.15 Å². The van der Waals surface area contributed by atoms with Crippen LogP contribution >= 0.6 is 23.4 Å². The molecule has 0 aliphatic heterocycles. The van der Waals surface area contributed by atoms with Gasteiger partial charge in [-0.05, 0) is 11.6 Å². The third-order valence-electron chi connectivity index (χ3n) is 1.58. The van der Waals surface area contributed by atoms with Gasteiger partial charge >= 0.3 is 0 Å². The Morgan fingerprint density at radius 1 is 1.62 bits per heavy atom. The molecule has 1 unspecified atom stereocenters. The van der Waals surface area contributed by atoms with Crippen molar-refractivity contribution in [3.63, 3.8) is 0 Å². The van der Waals surface area contributed by atoms with E-state index in [1.165, 1.54) is 0 Å². The van der Waals surface area contributed by atoms with Crippen LogP contribution in [0.2, 0.25) is 5.15 Å². The molecule has 0 aromatic carbocycles. The first-order valence-corrected chi connectivity index (χ1v) is 5.48. The zero-order chi connectivity index (χ0) is 9.68. The molecule has 72 valence electrons. The summed E-state index contributed by atoms with van der Waals surface area (Å²) in [5.74, 6) is 0.867. The van der Waals surface area contributed by atoms with Crippen LogP contribution in [-0.2, 0) is 5.75 Å². The van der Waals surface area contributed by atoms with Crippen LogP contribution < -0.4 is 0 Å². The van der Waals surface area contributed by atoms with E-state index in [0.29, 0.717) is 5.15 Å². The molecule has 0 radical (unpaired) electrons. The normalized spacial score (nSPS) is 12.8. The Kier molecular flexibility index (Phi) is 4.56. The van der Waals surface area contributed by atoms with Gasteiger partial charge in [0.2, 0.25) is 0 Å². The molecule has 1 aromatic heterocycles. The lowest BCUT2D eigenvalue weighted by atomic mass is 10.3. The minimum atomic E-state index is 0.214. The van der Waals surface area contributed by atoms with Gasteiger partial charge in [0.05, 0.1) is 6.61 Å². The number of hydrogen-bond acceptors (Lipinski definition) is 3.